The van der Waals surface area contributed by atoms with Gasteiger partial charge in [-0.25, -0.2) is 0 Å². The standard InChI is InChI=1S/C17H34N2.C2H6/c1-15(2)9-6-5-7-10-17-11-8-12-19(14-17)13-16(3)18-4;1-2/h15,17-18H,3,5-14H2,1-2,4H3;1-2H3. The number of likely N-dealkylation sites (N-methyl/N-ethyl adjacent to an activating group) is 1. The number of nitrogens with zero attached hydrogens (tertiary/aromatic N) is 1. The molecule has 0 saturated carbocycles. The number of hydrogen-bond acceptors (Lipinski definition) is 2. The second kappa shape index (κ2) is 13.2. The highest BCUT2D eigenvalue weighted by atomic mass is 15.1. The average Bonchev–Trinajstić information content (AvgIpc) is 2.49. The van der Waals surface area contributed by atoms with Crippen molar-refractivity contribution in [1.82, 2.24) is 10.2 Å². The number of nitrogens with one attached hydrogen (secondary N) is 1. The van der Waals surface area contributed by atoms with Gasteiger partial charge < -0.3 is 5.32 Å². The molecule has 0 aromatic heterocycles. The second-order valence-electron chi connectivity index (χ2n) is 6.63. The topological polar surface area (TPSA) is 15.3 Å². The lowest BCUT2D eigenvalue weighted by Crippen LogP contribution is -2.38. The summed E-state index contributed by atoms with van der Waals surface area (Å²) in [6.45, 7) is 16.3. The fourth-order valence-corrected chi connectivity index (χ4v) is 3.04. The summed E-state index contributed by atoms with van der Waals surface area (Å²) in [7, 11) is 1.97. The molecule has 0 spiro atoms. The Morgan fingerprint density at radius 1 is 1.24 bits per heavy atom. The average molecular weight is 297 g/mol. The maximum absolute atomic E-state index is 4.04. The first kappa shape index (κ1) is 20.5. The van der Waals surface area contributed by atoms with Crippen LogP contribution in [0.3, 0.4) is 0 Å². The zero-order valence-corrected chi connectivity index (χ0v) is 15.4. The first-order chi connectivity index (χ1) is 10.1. The van der Waals surface area contributed by atoms with Crippen LogP contribution in [0.4, 0.5) is 0 Å². The van der Waals surface area contributed by atoms with Gasteiger partial charge in [-0.2, -0.15) is 0 Å². The molecule has 2 nitrogen and oxygen atoms in total. The lowest BCUT2D eigenvalue weighted by molar-refractivity contribution is 0.176. The van der Waals surface area contributed by atoms with Crippen LogP contribution in [0.5, 0.6) is 0 Å². The van der Waals surface area contributed by atoms with Gasteiger partial charge in [-0.1, -0.05) is 60.0 Å². The van der Waals surface area contributed by atoms with E-state index in [4.69, 9.17) is 0 Å². The van der Waals surface area contributed by atoms with E-state index in [1.54, 1.807) is 0 Å². The predicted octanol–water partition coefficient (Wildman–Crippen LogP) is 5.06. The molecule has 1 rings (SSSR count). The molecule has 0 aliphatic carbocycles. The van der Waals surface area contributed by atoms with Crippen LogP contribution in [-0.2, 0) is 0 Å². The fraction of sp³-hybridized carbons (Fsp3) is 0.895. The number of piperidine rings is 1. The molecule has 1 heterocycles. The molecule has 126 valence electrons. The Bertz CT molecular complexity index is 248. The van der Waals surface area contributed by atoms with Gasteiger partial charge in [0, 0.05) is 25.8 Å². The third-order valence-electron chi connectivity index (χ3n) is 4.26. The summed E-state index contributed by atoms with van der Waals surface area (Å²) in [6, 6.07) is 0. The highest BCUT2D eigenvalue weighted by molar-refractivity contribution is 4.94. The van der Waals surface area contributed by atoms with Gasteiger partial charge in [-0.3, -0.25) is 4.90 Å². The molecule has 1 aliphatic heterocycles. The van der Waals surface area contributed by atoms with E-state index in [2.05, 4.69) is 30.6 Å². The maximum Gasteiger partial charge on any atom is 0.0375 e. The van der Waals surface area contributed by atoms with Crippen molar-refractivity contribution in [1.29, 1.82) is 0 Å². The minimum atomic E-state index is 0.873. The number of rotatable bonds is 9. The lowest BCUT2D eigenvalue weighted by atomic mass is 9.92. The first-order valence-corrected chi connectivity index (χ1v) is 9.19. The molecular formula is C19H40N2. The van der Waals surface area contributed by atoms with Crippen LogP contribution in [-0.4, -0.2) is 31.6 Å². The van der Waals surface area contributed by atoms with Crippen molar-refractivity contribution >= 4 is 0 Å². The Labute approximate surface area is 134 Å². The molecule has 0 radical (unpaired) electrons. The molecule has 1 saturated heterocycles. The minimum Gasteiger partial charge on any atom is -0.391 e. The smallest absolute Gasteiger partial charge is 0.0375 e. The predicted molar refractivity (Wildman–Crippen MR) is 96.6 cm³/mol. The zero-order valence-electron chi connectivity index (χ0n) is 15.4. The molecule has 2 heteroatoms. The summed E-state index contributed by atoms with van der Waals surface area (Å²) in [5, 5.41) is 3.16. The van der Waals surface area contributed by atoms with Gasteiger partial charge in [0.2, 0.25) is 0 Å². The van der Waals surface area contributed by atoms with E-state index < -0.39 is 0 Å². The molecule has 21 heavy (non-hydrogen) atoms. The molecule has 1 fully saturated rings. The van der Waals surface area contributed by atoms with Crippen LogP contribution in [0.25, 0.3) is 0 Å². The van der Waals surface area contributed by atoms with Gasteiger partial charge in [0.1, 0.15) is 0 Å². The summed E-state index contributed by atoms with van der Waals surface area (Å²) in [6.07, 6.45) is 9.92. The van der Waals surface area contributed by atoms with E-state index in [9.17, 15) is 0 Å². The van der Waals surface area contributed by atoms with Crippen LogP contribution < -0.4 is 5.32 Å². The van der Waals surface area contributed by atoms with E-state index in [1.807, 2.05) is 20.9 Å². The number of likely N-dealkylation sites (tertiary alicyclic amines) is 1. The molecule has 1 N–H and O–H groups in total. The monoisotopic (exact) mass is 296 g/mol. The van der Waals surface area contributed by atoms with Crippen molar-refractivity contribution in [2.45, 2.75) is 72.6 Å². The van der Waals surface area contributed by atoms with Crippen LogP contribution in [0, 0.1) is 11.8 Å². The summed E-state index contributed by atoms with van der Waals surface area (Å²) < 4.78 is 0. The molecular weight excluding hydrogens is 256 g/mol. The zero-order chi connectivity index (χ0) is 16.1. The summed E-state index contributed by atoms with van der Waals surface area (Å²) in [4.78, 5) is 2.57. The molecule has 0 aromatic carbocycles. The third-order valence-corrected chi connectivity index (χ3v) is 4.26. The minimum absolute atomic E-state index is 0.873. The molecule has 1 unspecified atom stereocenters. The van der Waals surface area contributed by atoms with Gasteiger partial charge in [0.25, 0.3) is 0 Å². The second-order valence-corrected chi connectivity index (χ2v) is 6.63. The van der Waals surface area contributed by atoms with Crippen LogP contribution in [0.2, 0.25) is 0 Å². The van der Waals surface area contributed by atoms with Gasteiger partial charge in [0.15, 0.2) is 0 Å². The van der Waals surface area contributed by atoms with Crippen LogP contribution in [0.1, 0.15) is 72.6 Å². The third kappa shape index (κ3) is 10.8. The highest BCUT2D eigenvalue weighted by Gasteiger charge is 2.19. The normalized spacial score (nSPS) is 19.0. The van der Waals surface area contributed by atoms with E-state index >= 15 is 0 Å². The van der Waals surface area contributed by atoms with Gasteiger partial charge in [-0.05, 0) is 37.6 Å². The van der Waals surface area contributed by atoms with E-state index in [0.717, 1.165) is 24.1 Å². The summed E-state index contributed by atoms with van der Waals surface area (Å²) in [5.74, 6) is 1.80. The Morgan fingerprint density at radius 2 is 1.95 bits per heavy atom. The van der Waals surface area contributed by atoms with Crippen molar-refractivity contribution in [2.75, 3.05) is 26.7 Å². The van der Waals surface area contributed by atoms with Crippen molar-refractivity contribution in [2.24, 2.45) is 11.8 Å². The van der Waals surface area contributed by atoms with Crippen molar-refractivity contribution < 1.29 is 0 Å². The van der Waals surface area contributed by atoms with Crippen LogP contribution >= 0.6 is 0 Å². The SMILES string of the molecule is C=C(CN1CCCC(CCCCCC(C)C)C1)NC.CC. The van der Waals surface area contributed by atoms with Crippen molar-refractivity contribution in [3.8, 4) is 0 Å². The van der Waals surface area contributed by atoms with Crippen molar-refractivity contribution in [3.05, 3.63) is 12.3 Å². The van der Waals surface area contributed by atoms with E-state index in [1.165, 1.54) is 58.0 Å². The quantitative estimate of drug-likeness (QED) is 0.598. The Hall–Kier alpha value is -0.500. The molecule has 1 aliphatic rings. The lowest BCUT2D eigenvalue weighted by Gasteiger charge is -2.33. The van der Waals surface area contributed by atoms with Gasteiger partial charge >= 0.3 is 0 Å². The summed E-state index contributed by atoms with van der Waals surface area (Å²) in [5.41, 5.74) is 1.15. The highest BCUT2D eigenvalue weighted by Crippen LogP contribution is 2.22. The van der Waals surface area contributed by atoms with Crippen molar-refractivity contribution in [3.63, 3.8) is 0 Å². The Kier molecular flexibility index (Phi) is 12.9. The summed E-state index contributed by atoms with van der Waals surface area (Å²) >= 11 is 0. The molecule has 0 amide bonds. The molecule has 0 bridgehead atoms. The van der Waals surface area contributed by atoms with Crippen LogP contribution in [0.15, 0.2) is 12.3 Å². The molecule has 0 aromatic rings. The van der Waals surface area contributed by atoms with E-state index in [-0.39, 0.29) is 0 Å². The number of unbranched alkanes of at least 4 members (excludes halogenated alkanes) is 2. The first-order valence-electron chi connectivity index (χ1n) is 9.19. The Morgan fingerprint density at radius 3 is 2.57 bits per heavy atom. The van der Waals surface area contributed by atoms with E-state index in [0.29, 0.717) is 0 Å². The largest absolute Gasteiger partial charge is 0.391 e. The fourth-order valence-electron chi connectivity index (χ4n) is 3.04. The number of hydrogen-bond donors (Lipinski definition) is 1. The van der Waals surface area contributed by atoms with Gasteiger partial charge in [0.05, 0.1) is 0 Å². The molecule has 1 atom stereocenters. The Balaban J connectivity index is 0.00000191. The maximum atomic E-state index is 4.04. The van der Waals surface area contributed by atoms with Gasteiger partial charge in [-0.15, -0.1) is 0 Å².